The zero-order chi connectivity index (χ0) is 10.5. The van der Waals surface area contributed by atoms with Crippen molar-refractivity contribution in [1.29, 1.82) is 0 Å². The van der Waals surface area contributed by atoms with Gasteiger partial charge < -0.3 is 10.2 Å². The molecule has 2 nitrogen and oxygen atoms in total. The molecule has 0 aliphatic carbocycles. The predicted octanol–water partition coefficient (Wildman–Crippen LogP) is 1.52. The van der Waals surface area contributed by atoms with Crippen LogP contribution in [-0.4, -0.2) is 37.6 Å². The Labute approximate surface area is 92.3 Å². The molecule has 15 heavy (non-hydrogen) atoms. The van der Waals surface area contributed by atoms with Crippen molar-refractivity contribution >= 4 is 0 Å². The van der Waals surface area contributed by atoms with Crippen LogP contribution in [0.2, 0.25) is 0 Å². The zero-order valence-electron chi connectivity index (χ0n) is 9.45. The molecule has 82 valence electrons. The lowest BCUT2D eigenvalue weighted by Crippen LogP contribution is -2.49. The first-order valence-electron chi connectivity index (χ1n) is 5.80. The van der Waals surface area contributed by atoms with Gasteiger partial charge in [-0.3, -0.25) is 0 Å². The highest BCUT2D eigenvalue weighted by Gasteiger charge is 2.15. The molecule has 0 spiro atoms. The Kier molecular flexibility index (Phi) is 3.75. The summed E-state index contributed by atoms with van der Waals surface area (Å²) < 4.78 is 0. The summed E-state index contributed by atoms with van der Waals surface area (Å²) in [5.74, 6) is 0. The third-order valence-corrected chi connectivity index (χ3v) is 3.08. The van der Waals surface area contributed by atoms with E-state index in [0.717, 1.165) is 6.54 Å². The van der Waals surface area contributed by atoms with E-state index in [1.54, 1.807) is 0 Å². The van der Waals surface area contributed by atoms with Gasteiger partial charge in [-0.15, -0.1) is 0 Å². The van der Waals surface area contributed by atoms with E-state index < -0.39 is 0 Å². The maximum atomic E-state index is 3.58. The number of nitrogens with zero attached hydrogens (tertiary/aromatic N) is 1. The topological polar surface area (TPSA) is 15.3 Å². The van der Waals surface area contributed by atoms with Crippen molar-refractivity contribution in [2.75, 3.05) is 26.7 Å². The van der Waals surface area contributed by atoms with E-state index in [2.05, 4.69) is 47.6 Å². The van der Waals surface area contributed by atoms with Crippen molar-refractivity contribution in [3.8, 4) is 0 Å². The number of nitrogens with one attached hydrogen (secondary N) is 1. The summed E-state index contributed by atoms with van der Waals surface area (Å²) in [5.41, 5.74) is 1.45. The highest BCUT2D eigenvalue weighted by atomic mass is 15.2. The van der Waals surface area contributed by atoms with Crippen LogP contribution in [-0.2, 0) is 6.42 Å². The average molecular weight is 204 g/mol. The van der Waals surface area contributed by atoms with Crippen molar-refractivity contribution in [2.45, 2.75) is 18.9 Å². The first-order valence-corrected chi connectivity index (χ1v) is 5.80. The van der Waals surface area contributed by atoms with Crippen LogP contribution in [0.1, 0.15) is 12.0 Å². The second kappa shape index (κ2) is 5.29. The van der Waals surface area contributed by atoms with E-state index in [9.17, 15) is 0 Å². The lowest BCUT2D eigenvalue weighted by Gasteiger charge is -2.30. The second-order valence-corrected chi connectivity index (χ2v) is 4.44. The maximum absolute atomic E-state index is 3.58. The van der Waals surface area contributed by atoms with E-state index in [4.69, 9.17) is 0 Å². The van der Waals surface area contributed by atoms with Crippen LogP contribution < -0.4 is 5.32 Å². The standard InChI is InChI=1S/C13H20N2/c1-15-10-9-14-13(11-15)8-7-12-5-3-2-4-6-12/h2-6,13-14H,7-11H2,1H3. The van der Waals surface area contributed by atoms with E-state index in [0.29, 0.717) is 6.04 Å². The smallest absolute Gasteiger partial charge is 0.0198 e. The van der Waals surface area contributed by atoms with Crippen LogP contribution in [0.3, 0.4) is 0 Å². The summed E-state index contributed by atoms with van der Waals surface area (Å²) in [6.07, 6.45) is 2.43. The quantitative estimate of drug-likeness (QED) is 0.803. The van der Waals surface area contributed by atoms with Gasteiger partial charge in [-0.1, -0.05) is 30.3 Å². The molecule has 1 aliphatic rings. The molecule has 1 saturated heterocycles. The molecular formula is C13H20N2. The highest BCUT2D eigenvalue weighted by molar-refractivity contribution is 5.14. The number of aryl methyl sites for hydroxylation is 1. The summed E-state index contributed by atoms with van der Waals surface area (Å²) in [6, 6.07) is 11.4. The molecule has 0 bridgehead atoms. The highest BCUT2D eigenvalue weighted by Crippen LogP contribution is 2.07. The zero-order valence-corrected chi connectivity index (χ0v) is 9.45. The number of piperazine rings is 1. The average Bonchev–Trinajstić information content (AvgIpc) is 2.28. The van der Waals surface area contributed by atoms with Crippen LogP contribution in [0.25, 0.3) is 0 Å². The van der Waals surface area contributed by atoms with Crippen LogP contribution in [0, 0.1) is 0 Å². The molecule has 1 fully saturated rings. The van der Waals surface area contributed by atoms with Gasteiger partial charge in [-0.2, -0.15) is 0 Å². The van der Waals surface area contributed by atoms with Gasteiger partial charge in [-0.05, 0) is 25.5 Å². The van der Waals surface area contributed by atoms with E-state index >= 15 is 0 Å². The molecule has 2 heteroatoms. The number of hydrogen-bond acceptors (Lipinski definition) is 2. The van der Waals surface area contributed by atoms with Crippen LogP contribution in [0.4, 0.5) is 0 Å². The van der Waals surface area contributed by atoms with Gasteiger partial charge in [0, 0.05) is 25.7 Å². The van der Waals surface area contributed by atoms with E-state index in [1.807, 2.05) is 0 Å². The molecule has 0 aromatic heterocycles. The molecule has 1 aromatic carbocycles. The molecule has 1 atom stereocenters. The van der Waals surface area contributed by atoms with Gasteiger partial charge in [0.15, 0.2) is 0 Å². The summed E-state index contributed by atoms with van der Waals surface area (Å²) in [6.45, 7) is 3.50. The summed E-state index contributed by atoms with van der Waals surface area (Å²) in [7, 11) is 2.20. The largest absolute Gasteiger partial charge is 0.311 e. The molecule has 1 unspecified atom stereocenters. The van der Waals surface area contributed by atoms with Crippen molar-refractivity contribution in [3.05, 3.63) is 35.9 Å². The molecule has 0 radical (unpaired) electrons. The molecule has 1 N–H and O–H groups in total. The minimum Gasteiger partial charge on any atom is -0.311 e. The lowest BCUT2D eigenvalue weighted by atomic mass is 10.0. The molecule has 1 aliphatic heterocycles. The predicted molar refractivity (Wildman–Crippen MR) is 64.1 cm³/mol. The van der Waals surface area contributed by atoms with Gasteiger partial charge in [0.05, 0.1) is 0 Å². The van der Waals surface area contributed by atoms with Crippen LogP contribution in [0.15, 0.2) is 30.3 Å². The molecule has 0 saturated carbocycles. The first-order chi connectivity index (χ1) is 7.34. The monoisotopic (exact) mass is 204 g/mol. The summed E-state index contributed by atoms with van der Waals surface area (Å²) >= 11 is 0. The Bertz CT molecular complexity index is 284. The first kappa shape index (κ1) is 10.7. The molecule has 0 amide bonds. The Hall–Kier alpha value is -0.860. The minimum absolute atomic E-state index is 0.670. The maximum Gasteiger partial charge on any atom is 0.0198 e. The summed E-state index contributed by atoms with van der Waals surface area (Å²) in [5, 5.41) is 3.58. The Morgan fingerprint density at radius 3 is 2.87 bits per heavy atom. The van der Waals surface area contributed by atoms with Crippen molar-refractivity contribution in [1.82, 2.24) is 10.2 Å². The SMILES string of the molecule is CN1CCNC(CCc2ccccc2)C1. The van der Waals surface area contributed by atoms with Crippen molar-refractivity contribution in [3.63, 3.8) is 0 Å². The van der Waals surface area contributed by atoms with Gasteiger partial charge >= 0.3 is 0 Å². The van der Waals surface area contributed by atoms with Crippen LogP contribution in [0.5, 0.6) is 0 Å². The Morgan fingerprint density at radius 2 is 2.13 bits per heavy atom. The third kappa shape index (κ3) is 3.33. The number of hydrogen-bond donors (Lipinski definition) is 1. The molecule has 1 heterocycles. The normalized spacial score (nSPS) is 22.9. The molecule has 2 rings (SSSR count). The summed E-state index contributed by atoms with van der Waals surface area (Å²) in [4.78, 5) is 2.41. The van der Waals surface area contributed by atoms with E-state index in [-0.39, 0.29) is 0 Å². The second-order valence-electron chi connectivity index (χ2n) is 4.44. The molecular weight excluding hydrogens is 184 g/mol. The number of rotatable bonds is 3. The molecule has 1 aromatic rings. The Balaban J connectivity index is 1.78. The number of likely N-dealkylation sites (N-methyl/N-ethyl adjacent to an activating group) is 1. The number of benzene rings is 1. The van der Waals surface area contributed by atoms with E-state index in [1.165, 1.54) is 31.5 Å². The van der Waals surface area contributed by atoms with Crippen molar-refractivity contribution in [2.24, 2.45) is 0 Å². The van der Waals surface area contributed by atoms with Gasteiger partial charge in [-0.25, -0.2) is 0 Å². The fourth-order valence-corrected chi connectivity index (χ4v) is 2.17. The lowest BCUT2D eigenvalue weighted by molar-refractivity contribution is 0.232. The van der Waals surface area contributed by atoms with Crippen molar-refractivity contribution < 1.29 is 0 Å². The minimum atomic E-state index is 0.670. The van der Waals surface area contributed by atoms with Gasteiger partial charge in [0.25, 0.3) is 0 Å². The third-order valence-electron chi connectivity index (χ3n) is 3.08. The van der Waals surface area contributed by atoms with Gasteiger partial charge in [0.1, 0.15) is 0 Å². The Morgan fingerprint density at radius 1 is 1.33 bits per heavy atom. The fraction of sp³-hybridized carbons (Fsp3) is 0.538. The fourth-order valence-electron chi connectivity index (χ4n) is 2.17. The van der Waals surface area contributed by atoms with Gasteiger partial charge in [0.2, 0.25) is 0 Å². The van der Waals surface area contributed by atoms with Crippen LogP contribution >= 0.6 is 0 Å².